The third kappa shape index (κ3) is 2.04. The van der Waals surface area contributed by atoms with Crippen molar-refractivity contribution in [2.24, 2.45) is 0 Å². The van der Waals surface area contributed by atoms with Gasteiger partial charge in [-0.25, -0.2) is 9.78 Å². The first-order valence-corrected chi connectivity index (χ1v) is 6.65. The first kappa shape index (κ1) is 10.4. The quantitative estimate of drug-likeness (QED) is 0.771. The topological polar surface area (TPSA) is 58.6 Å². The van der Waals surface area contributed by atoms with E-state index in [1.165, 1.54) is 22.7 Å². The Labute approximate surface area is 105 Å². The molecule has 17 heavy (non-hydrogen) atoms. The Morgan fingerprint density at radius 1 is 1.00 bits per heavy atom. The lowest BCUT2D eigenvalue weighted by atomic mass is 10.4. The number of aromatic nitrogens is 3. The van der Waals surface area contributed by atoms with Crippen LogP contribution in [0.25, 0.3) is 21.4 Å². The smallest absolute Gasteiger partial charge is 0.289 e. The van der Waals surface area contributed by atoms with E-state index in [-0.39, 0.29) is 5.69 Å². The predicted octanol–water partition coefficient (Wildman–Crippen LogP) is 2.62. The van der Waals surface area contributed by atoms with Crippen LogP contribution >= 0.6 is 22.7 Å². The highest BCUT2D eigenvalue weighted by molar-refractivity contribution is 7.13. The van der Waals surface area contributed by atoms with Crippen LogP contribution in [-0.4, -0.2) is 15.0 Å². The largest absolute Gasteiger partial charge is 0.348 e. The van der Waals surface area contributed by atoms with E-state index in [9.17, 15) is 4.79 Å². The van der Waals surface area contributed by atoms with Gasteiger partial charge in [-0.1, -0.05) is 12.1 Å². The molecular weight excluding hydrogens is 254 g/mol. The molecule has 0 aliphatic carbocycles. The number of H-pyrrole nitrogens is 1. The van der Waals surface area contributed by atoms with Crippen LogP contribution in [0, 0.1) is 0 Å². The molecule has 3 aromatic heterocycles. The van der Waals surface area contributed by atoms with Crippen molar-refractivity contribution in [3.63, 3.8) is 0 Å². The molecule has 1 N–H and O–H groups in total. The van der Waals surface area contributed by atoms with Crippen LogP contribution in [0.5, 0.6) is 0 Å². The normalized spacial score (nSPS) is 10.6. The molecule has 0 aliphatic rings. The maximum Gasteiger partial charge on any atom is 0.348 e. The zero-order valence-corrected chi connectivity index (χ0v) is 10.2. The number of hydrogen-bond donors (Lipinski definition) is 1. The molecule has 6 heteroatoms. The Hall–Kier alpha value is -1.79. The highest BCUT2D eigenvalue weighted by Crippen LogP contribution is 2.24. The van der Waals surface area contributed by atoms with Crippen molar-refractivity contribution < 1.29 is 0 Å². The SMILES string of the molecule is O=c1nc(-c2cccs2)nc(-c2cccs2)[nH]1. The second-order valence-corrected chi connectivity index (χ2v) is 5.18. The lowest BCUT2D eigenvalue weighted by Crippen LogP contribution is -2.13. The molecule has 0 radical (unpaired) electrons. The molecule has 0 fully saturated rings. The van der Waals surface area contributed by atoms with E-state index in [0.29, 0.717) is 11.6 Å². The third-order valence-electron chi connectivity index (χ3n) is 2.15. The zero-order chi connectivity index (χ0) is 11.7. The van der Waals surface area contributed by atoms with E-state index < -0.39 is 0 Å². The molecule has 0 amide bonds. The Balaban J connectivity index is 2.17. The monoisotopic (exact) mass is 261 g/mol. The average molecular weight is 261 g/mol. The van der Waals surface area contributed by atoms with Gasteiger partial charge in [-0.15, -0.1) is 22.7 Å². The van der Waals surface area contributed by atoms with Gasteiger partial charge in [0.15, 0.2) is 11.6 Å². The van der Waals surface area contributed by atoms with Gasteiger partial charge in [0, 0.05) is 0 Å². The average Bonchev–Trinajstić information content (AvgIpc) is 3.02. The molecule has 84 valence electrons. The molecule has 0 saturated carbocycles. The maximum absolute atomic E-state index is 11.5. The summed E-state index contributed by atoms with van der Waals surface area (Å²) in [6.45, 7) is 0. The fourth-order valence-corrected chi connectivity index (χ4v) is 2.76. The summed E-state index contributed by atoms with van der Waals surface area (Å²) in [5.41, 5.74) is -0.369. The summed E-state index contributed by atoms with van der Waals surface area (Å²) in [6, 6.07) is 7.65. The fraction of sp³-hybridized carbons (Fsp3) is 0. The molecule has 3 aromatic rings. The van der Waals surface area contributed by atoms with Crippen LogP contribution in [0.4, 0.5) is 0 Å². The molecule has 0 aromatic carbocycles. The summed E-state index contributed by atoms with van der Waals surface area (Å²) in [7, 11) is 0. The van der Waals surface area contributed by atoms with Gasteiger partial charge in [0.2, 0.25) is 0 Å². The molecular formula is C11H7N3OS2. The van der Waals surface area contributed by atoms with Gasteiger partial charge in [-0.05, 0) is 22.9 Å². The van der Waals surface area contributed by atoms with Crippen molar-refractivity contribution in [2.75, 3.05) is 0 Å². The van der Waals surface area contributed by atoms with Crippen LogP contribution in [0.15, 0.2) is 39.8 Å². The Kier molecular flexibility index (Phi) is 2.58. The fourth-order valence-electron chi connectivity index (χ4n) is 1.43. The van der Waals surface area contributed by atoms with Crippen molar-refractivity contribution in [3.05, 3.63) is 45.5 Å². The standard InChI is InChI=1S/C11H7N3OS2/c15-11-13-9(7-3-1-5-16-7)12-10(14-11)8-4-2-6-17-8/h1-6H,(H,12,13,14,15). The van der Waals surface area contributed by atoms with Crippen molar-refractivity contribution in [1.29, 1.82) is 0 Å². The third-order valence-corrected chi connectivity index (χ3v) is 3.89. The van der Waals surface area contributed by atoms with E-state index in [2.05, 4.69) is 15.0 Å². The molecule has 3 heterocycles. The van der Waals surface area contributed by atoms with Crippen molar-refractivity contribution in [3.8, 4) is 21.4 Å². The molecule has 0 bridgehead atoms. The van der Waals surface area contributed by atoms with Gasteiger partial charge in [0.25, 0.3) is 0 Å². The molecule has 0 unspecified atom stereocenters. The van der Waals surface area contributed by atoms with Crippen molar-refractivity contribution in [1.82, 2.24) is 15.0 Å². The summed E-state index contributed by atoms with van der Waals surface area (Å²) in [6.07, 6.45) is 0. The lowest BCUT2D eigenvalue weighted by molar-refractivity contribution is 1.01. The maximum atomic E-state index is 11.5. The highest BCUT2D eigenvalue weighted by Gasteiger charge is 2.08. The van der Waals surface area contributed by atoms with Gasteiger partial charge in [0.1, 0.15) is 0 Å². The molecule has 3 rings (SSSR count). The number of rotatable bonds is 2. The van der Waals surface area contributed by atoms with Gasteiger partial charge in [-0.2, -0.15) is 4.98 Å². The highest BCUT2D eigenvalue weighted by atomic mass is 32.1. The van der Waals surface area contributed by atoms with E-state index >= 15 is 0 Å². The van der Waals surface area contributed by atoms with Crippen molar-refractivity contribution in [2.45, 2.75) is 0 Å². The minimum absolute atomic E-state index is 0.369. The summed E-state index contributed by atoms with van der Waals surface area (Å²) in [5.74, 6) is 1.05. The molecule has 4 nitrogen and oxygen atoms in total. The Bertz CT molecular complexity index is 616. The van der Waals surface area contributed by atoms with Crippen molar-refractivity contribution >= 4 is 22.7 Å². The van der Waals surface area contributed by atoms with Crippen LogP contribution in [0.3, 0.4) is 0 Å². The van der Waals surface area contributed by atoms with E-state index in [1.54, 1.807) is 0 Å². The summed E-state index contributed by atoms with van der Waals surface area (Å²) in [5, 5.41) is 3.88. The molecule has 0 saturated heterocycles. The summed E-state index contributed by atoms with van der Waals surface area (Å²) >= 11 is 3.05. The van der Waals surface area contributed by atoms with Gasteiger partial charge >= 0.3 is 5.69 Å². The number of hydrogen-bond acceptors (Lipinski definition) is 5. The Morgan fingerprint density at radius 2 is 1.71 bits per heavy atom. The van der Waals surface area contributed by atoms with E-state index in [1.807, 2.05) is 35.0 Å². The number of nitrogens with zero attached hydrogens (tertiary/aromatic N) is 2. The summed E-state index contributed by atoms with van der Waals surface area (Å²) in [4.78, 5) is 24.2. The minimum atomic E-state index is -0.369. The molecule has 0 spiro atoms. The van der Waals surface area contributed by atoms with E-state index in [0.717, 1.165) is 9.75 Å². The van der Waals surface area contributed by atoms with Gasteiger partial charge in [-0.3, -0.25) is 4.98 Å². The number of nitrogens with one attached hydrogen (secondary N) is 1. The molecule has 0 atom stereocenters. The van der Waals surface area contributed by atoms with Gasteiger partial charge < -0.3 is 0 Å². The van der Waals surface area contributed by atoms with E-state index in [4.69, 9.17) is 0 Å². The zero-order valence-electron chi connectivity index (χ0n) is 8.58. The number of aromatic amines is 1. The first-order chi connectivity index (χ1) is 8.33. The molecule has 0 aliphatic heterocycles. The second-order valence-electron chi connectivity index (χ2n) is 3.28. The second kappa shape index (κ2) is 4.23. The lowest BCUT2D eigenvalue weighted by Gasteiger charge is -1.99. The minimum Gasteiger partial charge on any atom is -0.289 e. The summed E-state index contributed by atoms with van der Waals surface area (Å²) < 4.78 is 0. The van der Waals surface area contributed by atoms with Crippen LogP contribution in [0.2, 0.25) is 0 Å². The predicted molar refractivity (Wildman–Crippen MR) is 69.3 cm³/mol. The number of thiophene rings is 2. The van der Waals surface area contributed by atoms with Gasteiger partial charge in [0.05, 0.1) is 9.75 Å². The van der Waals surface area contributed by atoms with Crippen LogP contribution in [0.1, 0.15) is 0 Å². The first-order valence-electron chi connectivity index (χ1n) is 4.89. The Morgan fingerprint density at radius 3 is 2.35 bits per heavy atom. The van der Waals surface area contributed by atoms with Crippen LogP contribution in [-0.2, 0) is 0 Å². The van der Waals surface area contributed by atoms with Crippen LogP contribution < -0.4 is 5.69 Å².